The fourth-order valence-electron chi connectivity index (χ4n) is 5.27. The third-order valence-electron chi connectivity index (χ3n) is 6.55. The average Bonchev–Trinajstić information content (AvgIpc) is 3.33. The highest BCUT2D eigenvalue weighted by atomic mass is 16.5. The molecule has 0 saturated carbocycles. The number of benzene rings is 1. The van der Waals surface area contributed by atoms with Crippen LogP contribution < -0.4 is 5.32 Å². The molecule has 4 rings (SSSR count). The summed E-state index contributed by atoms with van der Waals surface area (Å²) in [4.78, 5) is 18.2. The maximum Gasteiger partial charge on any atom is 0.292 e. The fourth-order valence-corrected chi connectivity index (χ4v) is 5.27. The molecule has 2 aliphatic heterocycles. The van der Waals surface area contributed by atoms with Gasteiger partial charge in [-0.25, -0.2) is 0 Å². The van der Waals surface area contributed by atoms with E-state index in [4.69, 9.17) is 4.52 Å². The summed E-state index contributed by atoms with van der Waals surface area (Å²) in [6.07, 6.45) is 4.25. The van der Waals surface area contributed by atoms with Gasteiger partial charge in [-0.05, 0) is 57.1 Å². The molecule has 6 heteroatoms. The Balaban J connectivity index is 1.64. The minimum atomic E-state index is -0.0660. The summed E-state index contributed by atoms with van der Waals surface area (Å²) < 4.78 is 5.50. The van der Waals surface area contributed by atoms with E-state index < -0.39 is 0 Å². The SMILES string of the molecule is CC(C)Cc1cc(C(=O)N2Cc3ccccc3NCC[C@H]3CC[C@@H](C2)N3C(C)C)on1. The number of hydrogen-bond acceptors (Lipinski definition) is 5. The second-order valence-corrected chi connectivity index (χ2v) is 9.76. The number of rotatable bonds is 4. The molecule has 0 radical (unpaired) electrons. The zero-order chi connectivity index (χ0) is 22.0. The van der Waals surface area contributed by atoms with Crippen LogP contribution in [-0.2, 0) is 13.0 Å². The summed E-state index contributed by atoms with van der Waals surface area (Å²) in [5.74, 6) is 0.754. The first-order valence-corrected chi connectivity index (χ1v) is 11.8. The van der Waals surface area contributed by atoms with Gasteiger partial charge in [0.05, 0.1) is 5.69 Å². The zero-order valence-corrected chi connectivity index (χ0v) is 19.3. The van der Waals surface area contributed by atoms with Gasteiger partial charge in [0.1, 0.15) is 0 Å². The van der Waals surface area contributed by atoms with E-state index in [-0.39, 0.29) is 5.91 Å². The molecule has 3 heterocycles. The van der Waals surface area contributed by atoms with Crippen molar-refractivity contribution >= 4 is 11.6 Å². The number of carbonyl (C=O) groups is 1. The van der Waals surface area contributed by atoms with Crippen LogP contribution in [-0.4, -0.2) is 52.1 Å². The van der Waals surface area contributed by atoms with E-state index in [1.54, 1.807) is 0 Å². The van der Waals surface area contributed by atoms with Crippen molar-refractivity contribution < 1.29 is 9.32 Å². The molecule has 1 aromatic heterocycles. The third kappa shape index (κ3) is 4.95. The summed E-state index contributed by atoms with van der Waals surface area (Å²) in [5.41, 5.74) is 3.11. The number of amides is 1. The van der Waals surface area contributed by atoms with Crippen LogP contribution in [0.3, 0.4) is 0 Å². The van der Waals surface area contributed by atoms with Crippen molar-refractivity contribution in [1.82, 2.24) is 15.0 Å². The number of carbonyl (C=O) groups excluding carboxylic acids is 1. The van der Waals surface area contributed by atoms with Crippen LogP contribution in [0, 0.1) is 5.92 Å². The summed E-state index contributed by atoms with van der Waals surface area (Å²) in [6, 6.07) is 11.5. The lowest BCUT2D eigenvalue weighted by atomic mass is 10.1. The first-order valence-electron chi connectivity index (χ1n) is 11.8. The number of hydrogen-bond donors (Lipinski definition) is 1. The van der Waals surface area contributed by atoms with Crippen LogP contribution in [0.1, 0.15) is 68.8 Å². The Bertz CT molecular complexity index is 891. The van der Waals surface area contributed by atoms with Gasteiger partial charge in [0.15, 0.2) is 0 Å². The number of para-hydroxylation sites is 1. The standard InChI is InChI=1S/C25H36N4O2/c1-17(2)13-20-14-24(31-27-20)25(30)28-15-19-7-5-6-8-23(19)26-12-11-21-9-10-22(16-28)29(21)18(3)4/h5-8,14,17-18,21-22,26H,9-13,15-16H2,1-4H3/t21-,22+/m1/s1. The van der Waals surface area contributed by atoms with Gasteiger partial charge in [0, 0.05) is 49.5 Å². The number of aromatic nitrogens is 1. The largest absolute Gasteiger partial charge is 0.385 e. The molecule has 2 aromatic rings. The van der Waals surface area contributed by atoms with E-state index in [9.17, 15) is 4.79 Å². The van der Waals surface area contributed by atoms with E-state index in [2.05, 4.69) is 61.3 Å². The highest BCUT2D eigenvalue weighted by molar-refractivity contribution is 5.91. The molecule has 1 saturated heterocycles. The Hall–Kier alpha value is -2.34. The smallest absolute Gasteiger partial charge is 0.292 e. The Morgan fingerprint density at radius 3 is 2.71 bits per heavy atom. The van der Waals surface area contributed by atoms with Gasteiger partial charge in [-0.1, -0.05) is 37.2 Å². The zero-order valence-electron chi connectivity index (χ0n) is 19.3. The molecule has 2 aliphatic rings. The van der Waals surface area contributed by atoms with Crippen LogP contribution in [0.2, 0.25) is 0 Å². The summed E-state index contributed by atoms with van der Waals surface area (Å²) in [5, 5.41) is 7.78. The van der Waals surface area contributed by atoms with Crippen LogP contribution in [0.5, 0.6) is 0 Å². The second-order valence-electron chi connectivity index (χ2n) is 9.76. The first-order chi connectivity index (χ1) is 14.9. The molecule has 1 N–H and O–H groups in total. The molecular formula is C25H36N4O2. The molecule has 2 atom stereocenters. The third-order valence-corrected chi connectivity index (χ3v) is 6.55. The number of nitrogens with one attached hydrogen (secondary N) is 1. The monoisotopic (exact) mass is 424 g/mol. The van der Waals surface area contributed by atoms with Crippen LogP contribution in [0.15, 0.2) is 34.9 Å². The Morgan fingerprint density at radius 1 is 1.16 bits per heavy atom. The molecule has 0 spiro atoms. The lowest BCUT2D eigenvalue weighted by Crippen LogP contribution is -2.48. The quantitative estimate of drug-likeness (QED) is 0.779. The van der Waals surface area contributed by atoms with Gasteiger partial charge in [-0.15, -0.1) is 0 Å². The highest BCUT2D eigenvalue weighted by Gasteiger charge is 2.37. The molecule has 31 heavy (non-hydrogen) atoms. The van der Waals surface area contributed by atoms with Crippen molar-refractivity contribution in [2.75, 3.05) is 18.4 Å². The Labute approximate surface area is 186 Å². The molecule has 0 aliphatic carbocycles. The van der Waals surface area contributed by atoms with Crippen molar-refractivity contribution in [3.63, 3.8) is 0 Å². The van der Waals surface area contributed by atoms with E-state index >= 15 is 0 Å². The van der Waals surface area contributed by atoms with E-state index in [1.807, 2.05) is 17.0 Å². The molecule has 1 aromatic carbocycles. The number of fused-ring (bicyclic) bond motifs is 3. The number of nitrogens with zero attached hydrogens (tertiary/aromatic N) is 3. The summed E-state index contributed by atoms with van der Waals surface area (Å²) in [6.45, 7) is 11.1. The van der Waals surface area contributed by atoms with Gasteiger partial charge in [-0.3, -0.25) is 9.69 Å². The Kier molecular flexibility index (Phi) is 6.65. The van der Waals surface area contributed by atoms with Gasteiger partial charge < -0.3 is 14.7 Å². The average molecular weight is 425 g/mol. The van der Waals surface area contributed by atoms with E-state index in [1.165, 1.54) is 6.42 Å². The van der Waals surface area contributed by atoms with Crippen molar-refractivity contribution in [2.45, 2.75) is 78.0 Å². The van der Waals surface area contributed by atoms with Crippen LogP contribution in [0.4, 0.5) is 5.69 Å². The molecular weight excluding hydrogens is 388 g/mol. The molecule has 6 nitrogen and oxygen atoms in total. The normalized spacial score (nSPS) is 22.3. The van der Waals surface area contributed by atoms with Crippen LogP contribution in [0.25, 0.3) is 0 Å². The van der Waals surface area contributed by atoms with Gasteiger partial charge in [-0.2, -0.15) is 0 Å². The molecule has 1 amide bonds. The van der Waals surface area contributed by atoms with Crippen LogP contribution >= 0.6 is 0 Å². The minimum absolute atomic E-state index is 0.0660. The highest BCUT2D eigenvalue weighted by Crippen LogP contribution is 2.31. The van der Waals surface area contributed by atoms with Gasteiger partial charge in [0.2, 0.25) is 5.76 Å². The minimum Gasteiger partial charge on any atom is -0.385 e. The summed E-state index contributed by atoms with van der Waals surface area (Å²) in [7, 11) is 0. The van der Waals surface area contributed by atoms with Crippen molar-refractivity contribution in [2.24, 2.45) is 5.92 Å². The van der Waals surface area contributed by atoms with Crippen molar-refractivity contribution in [3.05, 3.63) is 47.3 Å². The molecule has 1 fully saturated rings. The fraction of sp³-hybridized carbons (Fsp3) is 0.600. The predicted molar refractivity (Wildman–Crippen MR) is 123 cm³/mol. The van der Waals surface area contributed by atoms with Crippen molar-refractivity contribution in [1.29, 1.82) is 0 Å². The second kappa shape index (κ2) is 9.43. The van der Waals surface area contributed by atoms with Gasteiger partial charge >= 0.3 is 0 Å². The molecule has 2 bridgehead atoms. The maximum atomic E-state index is 13.6. The maximum absolute atomic E-state index is 13.6. The summed E-state index contributed by atoms with van der Waals surface area (Å²) >= 11 is 0. The lowest BCUT2D eigenvalue weighted by Gasteiger charge is -2.36. The van der Waals surface area contributed by atoms with Gasteiger partial charge in [0.25, 0.3) is 5.91 Å². The van der Waals surface area contributed by atoms with E-state index in [0.29, 0.717) is 42.9 Å². The van der Waals surface area contributed by atoms with E-state index in [0.717, 1.165) is 42.8 Å². The topological polar surface area (TPSA) is 61.6 Å². The predicted octanol–water partition coefficient (Wildman–Crippen LogP) is 4.57. The number of anilines is 1. The molecule has 0 unspecified atom stereocenters. The molecule has 168 valence electrons. The first kappa shape index (κ1) is 21.9. The lowest BCUT2D eigenvalue weighted by molar-refractivity contribution is 0.0596. The van der Waals surface area contributed by atoms with Crippen molar-refractivity contribution in [3.8, 4) is 0 Å². The Morgan fingerprint density at radius 2 is 1.94 bits per heavy atom.